The topological polar surface area (TPSA) is 56.1 Å². The van der Waals surface area contributed by atoms with Crippen LogP contribution in [0.4, 0.5) is 11.6 Å². The lowest BCUT2D eigenvalue weighted by Gasteiger charge is -2.26. The molecule has 3 rings (SSSR count). The lowest BCUT2D eigenvalue weighted by molar-refractivity contribution is 0.673. The molecule has 0 bridgehead atoms. The molecule has 1 atom stereocenters. The van der Waals surface area contributed by atoms with Crippen molar-refractivity contribution in [2.75, 3.05) is 29.9 Å². The zero-order chi connectivity index (χ0) is 16.4. The summed E-state index contributed by atoms with van der Waals surface area (Å²) in [5.74, 6) is 0.756. The molecule has 0 spiro atoms. The molecule has 1 fully saturated rings. The predicted octanol–water partition coefficient (Wildman–Crippen LogP) is 3.13. The van der Waals surface area contributed by atoms with Crippen LogP contribution in [0.2, 0.25) is 0 Å². The third-order valence-corrected chi connectivity index (χ3v) is 4.72. The molecular formula is C17H18BrN5. The predicted molar refractivity (Wildman–Crippen MR) is 94.6 cm³/mol. The average molecular weight is 372 g/mol. The number of aryl methyl sites for hydroxylation is 1. The van der Waals surface area contributed by atoms with Gasteiger partial charge in [-0.3, -0.25) is 0 Å². The molecule has 23 heavy (non-hydrogen) atoms. The maximum Gasteiger partial charge on any atom is 0.225 e. The van der Waals surface area contributed by atoms with Crippen molar-refractivity contribution in [3.05, 3.63) is 46.2 Å². The molecule has 0 N–H and O–H groups in total. The minimum atomic E-state index is 0.335. The molecule has 6 heteroatoms. The van der Waals surface area contributed by atoms with E-state index in [0.29, 0.717) is 11.6 Å². The van der Waals surface area contributed by atoms with Gasteiger partial charge in [0.15, 0.2) is 0 Å². The van der Waals surface area contributed by atoms with E-state index in [2.05, 4.69) is 41.8 Å². The highest BCUT2D eigenvalue weighted by Gasteiger charge is 2.28. The summed E-state index contributed by atoms with van der Waals surface area (Å²) in [6, 6.07) is 10.3. The van der Waals surface area contributed by atoms with Crippen LogP contribution >= 0.6 is 15.9 Å². The second-order valence-corrected chi connectivity index (χ2v) is 6.69. The fourth-order valence-electron chi connectivity index (χ4n) is 2.91. The molecule has 0 saturated carbocycles. The van der Waals surface area contributed by atoms with Crippen LogP contribution in [-0.4, -0.2) is 36.1 Å². The molecule has 0 radical (unpaired) electrons. The summed E-state index contributed by atoms with van der Waals surface area (Å²) in [5, 5.41) is 9.33. The number of likely N-dealkylation sites (N-methyl/N-ethyl adjacent to an activating group) is 1. The summed E-state index contributed by atoms with van der Waals surface area (Å²) in [4.78, 5) is 13.3. The highest BCUT2D eigenvalue weighted by atomic mass is 79.9. The Balaban J connectivity index is 1.79. The molecule has 1 unspecified atom stereocenters. The first-order valence-electron chi connectivity index (χ1n) is 7.55. The van der Waals surface area contributed by atoms with Crippen LogP contribution in [-0.2, 0) is 0 Å². The third-order valence-electron chi connectivity index (χ3n) is 4.23. The molecular weight excluding hydrogens is 354 g/mol. The number of hydrogen-bond donors (Lipinski definition) is 0. The van der Waals surface area contributed by atoms with Crippen molar-refractivity contribution in [3.8, 4) is 6.07 Å². The molecule has 2 heterocycles. The quantitative estimate of drug-likeness (QED) is 0.829. The Bertz CT molecular complexity index is 755. The molecule has 2 aromatic rings. The molecule has 1 saturated heterocycles. The second-order valence-electron chi connectivity index (χ2n) is 5.77. The van der Waals surface area contributed by atoms with Crippen molar-refractivity contribution in [1.82, 2.24) is 9.97 Å². The lowest BCUT2D eigenvalue weighted by Crippen LogP contribution is -2.35. The van der Waals surface area contributed by atoms with Crippen LogP contribution in [0.15, 0.2) is 34.9 Å². The summed E-state index contributed by atoms with van der Waals surface area (Å²) in [6.45, 7) is 3.76. The Kier molecular flexibility index (Phi) is 4.49. The van der Waals surface area contributed by atoms with Gasteiger partial charge in [0.25, 0.3) is 0 Å². The maximum absolute atomic E-state index is 9.33. The molecule has 118 valence electrons. The van der Waals surface area contributed by atoms with E-state index in [4.69, 9.17) is 0 Å². The van der Waals surface area contributed by atoms with E-state index >= 15 is 0 Å². The van der Waals surface area contributed by atoms with Gasteiger partial charge >= 0.3 is 0 Å². The van der Waals surface area contributed by atoms with Gasteiger partial charge < -0.3 is 9.80 Å². The van der Waals surface area contributed by atoms with E-state index in [1.54, 1.807) is 6.20 Å². The van der Waals surface area contributed by atoms with Crippen LogP contribution in [0, 0.1) is 18.3 Å². The maximum atomic E-state index is 9.33. The fraction of sp³-hybridized carbons (Fsp3) is 0.353. The summed E-state index contributed by atoms with van der Waals surface area (Å²) in [6.07, 6.45) is 2.81. The number of nitrogens with zero attached hydrogens (tertiary/aromatic N) is 5. The van der Waals surface area contributed by atoms with Crippen LogP contribution < -0.4 is 9.80 Å². The zero-order valence-electron chi connectivity index (χ0n) is 13.2. The van der Waals surface area contributed by atoms with Gasteiger partial charge in [-0.05, 0) is 37.6 Å². The number of anilines is 2. The minimum Gasteiger partial charge on any atom is -0.368 e. The van der Waals surface area contributed by atoms with Crippen molar-refractivity contribution >= 4 is 27.6 Å². The Morgan fingerprint density at radius 2 is 2.22 bits per heavy atom. The first-order valence-corrected chi connectivity index (χ1v) is 8.35. The molecule has 0 aliphatic carbocycles. The van der Waals surface area contributed by atoms with Crippen LogP contribution in [0.3, 0.4) is 0 Å². The van der Waals surface area contributed by atoms with Crippen molar-refractivity contribution in [3.63, 3.8) is 0 Å². The van der Waals surface area contributed by atoms with Crippen molar-refractivity contribution in [1.29, 1.82) is 5.26 Å². The molecule has 0 amide bonds. The Morgan fingerprint density at radius 3 is 2.96 bits per heavy atom. The first kappa shape index (κ1) is 15.8. The molecule has 1 aromatic carbocycles. The average Bonchev–Trinajstić information content (AvgIpc) is 3.04. The van der Waals surface area contributed by atoms with Crippen LogP contribution in [0.1, 0.15) is 17.7 Å². The minimum absolute atomic E-state index is 0.335. The zero-order valence-corrected chi connectivity index (χ0v) is 14.8. The third kappa shape index (κ3) is 3.30. The molecule has 1 aliphatic heterocycles. The number of halogens is 1. The number of aromatic nitrogens is 2. The Morgan fingerprint density at radius 1 is 1.39 bits per heavy atom. The largest absolute Gasteiger partial charge is 0.368 e. The number of rotatable bonds is 3. The van der Waals surface area contributed by atoms with Crippen molar-refractivity contribution in [2.24, 2.45) is 0 Å². The number of hydrogen-bond acceptors (Lipinski definition) is 5. The number of benzene rings is 1. The summed E-state index contributed by atoms with van der Waals surface area (Å²) < 4.78 is 0.991. The van der Waals surface area contributed by atoms with Gasteiger partial charge in [0, 0.05) is 36.5 Å². The van der Waals surface area contributed by atoms with Gasteiger partial charge in [-0.2, -0.15) is 5.26 Å². The van der Waals surface area contributed by atoms with Gasteiger partial charge in [0.05, 0.1) is 17.3 Å². The smallest absolute Gasteiger partial charge is 0.225 e. The fourth-order valence-corrected chi connectivity index (χ4v) is 3.26. The van der Waals surface area contributed by atoms with E-state index < -0.39 is 0 Å². The normalized spacial score (nSPS) is 17.1. The molecule has 1 aliphatic rings. The number of nitriles is 1. The Hall–Kier alpha value is -2.13. The summed E-state index contributed by atoms with van der Waals surface area (Å²) in [5.41, 5.74) is 2.67. The molecule has 5 nitrogen and oxygen atoms in total. The lowest BCUT2D eigenvalue weighted by atomic mass is 10.2. The van der Waals surface area contributed by atoms with Crippen molar-refractivity contribution in [2.45, 2.75) is 19.4 Å². The second kappa shape index (κ2) is 6.55. The van der Waals surface area contributed by atoms with Crippen molar-refractivity contribution < 1.29 is 0 Å². The van der Waals surface area contributed by atoms with E-state index in [1.165, 1.54) is 0 Å². The van der Waals surface area contributed by atoms with Gasteiger partial charge in [-0.15, -0.1) is 0 Å². The van der Waals surface area contributed by atoms with Gasteiger partial charge in [-0.25, -0.2) is 9.97 Å². The SMILES string of the molecule is Cc1ccnc(N(C)C2CCN(c3cc(Br)ccc3C#N)C2)n1. The monoisotopic (exact) mass is 371 g/mol. The van der Waals surface area contributed by atoms with E-state index in [0.717, 1.165) is 41.3 Å². The first-order chi connectivity index (χ1) is 11.1. The Labute approximate surface area is 144 Å². The van der Waals surface area contributed by atoms with Gasteiger partial charge in [0.2, 0.25) is 5.95 Å². The van der Waals surface area contributed by atoms with E-state index in [-0.39, 0.29) is 0 Å². The standard InChI is InChI=1S/C17H18BrN5/c1-12-5-7-20-17(21-12)22(2)15-6-8-23(11-15)16-9-14(18)4-3-13(16)10-19/h3-5,7,9,15H,6,8,11H2,1-2H3. The molecule has 1 aromatic heterocycles. The summed E-state index contributed by atoms with van der Waals surface area (Å²) in [7, 11) is 2.04. The van der Waals surface area contributed by atoms with Gasteiger partial charge in [-0.1, -0.05) is 15.9 Å². The van der Waals surface area contributed by atoms with E-state index in [1.807, 2.05) is 38.2 Å². The van der Waals surface area contributed by atoms with Crippen LogP contribution in [0.25, 0.3) is 0 Å². The highest BCUT2D eigenvalue weighted by Crippen LogP contribution is 2.29. The van der Waals surface area contributed by atoms with Gasteiger partial charge in [0.1, 0.15) is 6.07 Å². The highest BCUT2D eigenvalue weighted by molar-refractivity contribution is 9.10. The van der Waals surface area contributed by atoms with E-state index in [9.17, 15) is 5.26 Å². The summed E-state index contributed by atoms with van der Waals surface area (Å²) >= 11 is 3.49. The van der Waals surface area contributed by atoms with Crippen LogP contribution in [0.5, 0.6) is 0 Å².